The van der Waals surface area contributed by atoms with Crippen molar-refractivity contribution in [3.05, 3.63) is 47.5 Å². The molecule has 0 atom stereocenters. The van der Waals surface area contributed by atoms with E-state index in [1.54, 1.807) is 0 Å². The molecule has 96 valence electrons. The number of benzene rings is 2. The number of halogens is 1. The van der Waals surface area contributed by atoms with Gasteiger partial charge in [0.05, 0.1) is 11.0 Å². The first kappa shape index (κ1) is 12.1. The molecule has 3 rings (SSSR count). The Morgan fingerprint density at radius 3 is 2.58 bits per heavy atom. The van der Waals surface area contributed by atoms with Gasteiger partial charge in [-0.05, 0) is 49.4 Å². The van der Waals surface area contributed by atoms with Gasteiger partial charge in [-0.1, -0.05) is 11.6 Å². The maximum absolute atomic E-state index is 5.93. The van der Waals surface area contributed by atoms with E-state index in [0.717, 1.165) is 39.7 Å². The molecule has 1 aromatic heterocycles. The number of nitrogens with zero attached hydrogens (tertiary/aromatic N) is 2. The van der Waals surface area contributed by atoms with Crippen LogP contribution in [0.4, 0.5) is 5.69 Å². The molecule has 0 aliphatic heterocycles. The largest absolute Gasteiger partial charge is 0.399 e. The minimum atomic E-state index is 0.729. The second-order valence-electron chi connectivity index (χ2n) is 4.43. The number of nitrogen functional groups attached to an aromatic ring is 1. The zero-order valence-electron chi connectivity index (χ0n) is 10.6. The van der Waals surface area contributed by atoms with E-state index in [9.17, 15) is 0 Å². The molecule has 0 saturated heterocycles. The molecule has 0 radical (unpaired) electrons. The fourth-order valence-electron chi connectivity index (χ4n) is 2.29. The number of aryl methyl sites for hydroxylation is 1. The van der Waals surface area contributed by atoms with Crippen molar-refractivity contribution in [3.8, 4) is 11.4 Å². The summed E-state index contributed by atoms with van der Waals surface area (Å²) < 4.78 is 2.18. The summed E-state index contributed by atoms with van der Waals surface area (Å²) in [6.07, 6.45) is 0. The van der Waals surface area contributed by atoms with Crippen LogP contribution in [0.15, 0.2) is 42.5 Å². The fraction of sp³-hybridized carbons (Fsp3) is 0.133. The molecule has 0 fully saturated rings. The van der Waals surface area contributed by atoms with Crippen molar-refractivity contribution in [1.82, 2.24) is 9.55 Å². The van der Waals surface area contributed by atoms with Crippen molar-refractivity contribution in [2.75, 3.05) is 5.73 Å². The summed E-state index contributed by atoms with van der Waals surface area (Å²) in [6, 6.07) is 13.6. The molecule has 0 aliphatic rings. The SMILES string of the molecule is CCn1c(-c2ccc(Cl)cc2)nc2cc(N)ccc21. The predicted molar refractivity (Wildman–Crippen MR) is 80.3 cm³/mol. The van der Waals surface area contributed by atoms with Crippen LogP contribution in [0.25, 0.3) is 22.4 Å². The Kier molecular flexibility index (Phi) is 2.91. The van der Waals surface area contributed by atoms with E-state index in [1.807, 2.05) is 42.5 Å². The van der Waals surface area contributed by atoms with Gasteiger partial charge in [-0.3, -0.25) is 0 Å². The number of hydrogen-bond donors (Lipinski definition) is 1. The molecule has 0 spiro atoms. The highest BCUT2D eigenvalue weighted by atomic mass is 35.5. The van der Waals surface area contributed by atoms with Gasteiger partial charge >= 0.3 is 0 Å². The number of fused-ring (bicyclic) bond motifs is 1. The lowest BCUT2D eigenvalue weighted by Gasteiger charge is -2.06. The summed E-state index contributed by atoms with van der Waals surface area (Å²) in [5.74, 6) is 0.944. The Labute approximate surface area is 116 Å². The van der Waals surface area contributed by atoms with Crippen LogP contribution in [-0.4, -0.2) is 9.55 Å². The Morgan fingerprint density at radius 1 is 1.16 bits per heavy atom. The number of rotatable bonds is 2. The molecule has 0 amide bonds. The quantitative estimate of drug-likeness (QED) is 0.717. The second kappa shape index (κ2) is 4.59. The molecule has 3 nitrogen and oxygen atoms in total. The van der Waals surface area contributed by atoms with Gasteiger partial charge in [0.15, 0.2) is 0 Å². The summed E-state index contributed by atoms with van der Waals surface area (Å²) in [5.41, 5.74) is 9.63. The Hall–Kier alpha value is -2.00. The van der Waals surface area contributed by atoms with Gasteiger partial charge in [0.25, 0.3) is 0 Å². The normalized spacial score (nSPS) is 11.1. The number of aromatic nitrogens is 2. The molecule has 1 heterocycles. The van der Waals surface area contributed by atoms with E-state index >= 15 is 0 Å². The molecule has 2 N–H and O–H groups in total. The lowest BCUT2D eigenvalue weighted by molar-refractivity contribution is 0.796. The molecule has 2 aromatic carbocycles. The van der Waals surface area contributed by atoms with Gasteiger partial charge in [0, 0.05) is 22.8 Å². The highest BCUT2D eigenvalue weighted by molar-refractivity contribution is 6.30. The van der Waals surface area contributed by atoms with Crippen LogP contribution < -0.4 is 5.73 Å². The summed E-state index contributed by atoms with van der Waals surface area (Å²) in [6.45, 7) is 2.97. The van der Waals surface area contributed by atoms with Gasteiger partial charge in [0.1, 0.15) is 5.82 Å². The van der Waals surface area contributed by atoms with Crippen LogP contribution in [-0.2, 0) is 6.54 Å². The van der Waals surface area contributed by atoms with Crippen LogP contribution in [0.3, 0.4) is 0 Å². The average Bonchev–Trinajstić information content (AvgIpc) is 2.77. The lowest BCUT2D eigenvalue weighted by Crippen LogP contribution is -1.97. The van der Waals surface area contributed by atoms with Crippen molar-refractivity contribution in [3.63, 3.8) is 0 Å². The van der Waals surface area contributed by atoms with Crippen LogP contribution in [0.2, 0.25) is 5.02 Å². The fourth-order valence-corrected chi connectivity index (χ4v) is 2.41. The summed E-state index contributed by atoms with van der Waals surface area (Å²) in [7, 11) is 0. The molecular weight excluding hydrogens is 258 g/mol. The van der Waals surface area contributed by atoms with Gasteiger partial charge in [-0.25, -0.2) is 4.98 Å². The number of hydrogen-bond acceptors (Lipinski definition) is 2. The number of nitrogens with two attached hydrogens (primary N) is 1. The Balaban J connectivity index is 2.25. The van der Waals surface area contributed by atoms with E-state index < -0.39 is 0 Å². The Morgan fingerprint density at radius 2 is 1.89 bits per heavy atom. The smallest absolute Gasteiger partial charge is 0.141 e. The van der Waals surface area contributed by atoms with Crippen molar-refractivity contribution in [2.24, 2.45) is 0 Å². The molecule has 3 aromatic rings. The monoisotopic (exact) mass is 271 g/mol. The summed E-state index contributed by atoms with van der Waals surface area (Å²) >= 11 is 5.93. The molecule has 0 unspecified atom stereocenters. The highest BCUT2D eigenvalue weighted by Crippen LogP contribution is 2.26. The minimum Gasteiger partial charge on any atom is -0.399 e. The van der Waals surface area contributed by atoms with E-state index in [2.05, 4.69) is 16.5 Å². The molecule has 19 heavy (non-hydrogen) atoms. The van der Waals surface area contributed by atoms with Gasteiger partial charge in [-0.2, -0.15) is 0 Å². The average molecular weight is 272 g/mol. The second-order valence-corrected chi connectivity index (χ2v) is 4.87. The first-order valence-electron chi connectivity index (χ1n) is 6.20. The zero-order chi connectivity index (χ0) is 13.4. The molecule has 4 heteroatoms. The first-order chi connectivity index (χ1) is 9.19. The maximum atomic E-state index is 5.93. The number of imidazole rings is 1. The van der Waals surface area contributed by atoms with E-state index in [0.29, 0.717) is 0 Å². The van der Waals surface area contributed by atoms with E-state index in [4.69, 9.17) is 17.3 Å². The standard InChI is InChI=1S/C15H14ClN3/c1-2-19-14-8-7-12(17)9-13(14)18-15(19)10-3-5-11(16)6-4-10/h3-9H,2,17H2,1H3. The molecule has 0 saturated carbocycles. The van der Waals surface area contributed by atoms with Crippen LogP contribution >= 0.6 is 11.6 Å². The summed E-state index contributed by atoms with van der Waals surface area (Å²) in [4.78, 5) is 4.68. The van der Waals surface area contributed by atoms with Crippen LogP contribution in [0, 0.1) is 0 Å². The topological polar surface area (TPSA) is 43.8 Å². The first-order valence-corrected chi connectivity index (χ1v) is 6.58. The van der Waals surface area contributed by atoms with Gasteiger partial charge in [0.2, 0.25) is 0 Å². The number of anilines is 1. The van der Waals surface area contributed by atoms with Crippen molar-refractivity contribution in [2.45, 2.75) is 13.5 Å². The molecular formula is C15H14ClN3. The predicted octanol–water partition coefficient (Wildman–Crippen LogP) is 3.96. The van der Waals surface area contributed by atoms with Crippen molar-refractivity contribution in [1.29, 1.82) is 0 Å². The minimum absolute atomic E-state index is 0.729. The lowest BCUT2D eigenvalue weighted by atomic mass is 10.2. The molecule has 0 aliphatic carbocycles. The van der Waals surface area contributed by atoms with Crippen LogP contribution in [0.1, 0.15) is 6.92 Å². The van der Waals surface area contributed by atoms with E-state index in [1.165, 1.54) is 0 Å². The zero-order valence-corrected chi connectivity index (χ0v) is 11.4. The van der Waals surface area contributed by atoms with E-state index in [-0.39, 0.29) is 0 Å². The van der Waals surface area contributed by atoms with Crippen LogP contribution in [0.5, 0.6) is 0 Å². The highest BCUT2D eigenvalue weighted by Gasteiger charge is 2.11. The van der Waals surface area contributed by atoms with Gasteiger partial charge < -0.3 is 10.3 Å². The molecule has 0 bridgehead atoms. The van der Waals surface area contributed by atoms with Crippen molar-refractivity contribution < 1.29 is 0 Å². The maximum Gasteiger partial charge on any atom is 0.141 e. The van der Waals surface area contributed by atoms with Crippen molar-refractivity contribution >= 4 is 28.3 Å². The van der Waals surface area contributed by atoms with Gasteiger partial charge in [-0.15, -0.1) is 0 Å². The summed E-state index contributed by atoms with van der Waals surface area (Å²) in [5, 5.41) is 0.729. The Bertz CT molecular complexity index is 729. The third-order valence-corrected chi connectivity index (χ3v) is 3.44. The third kappa shape index (κ3) is 2.06. The third-order valence-electron chi connectivity index (χ3n) is 3.19.